The largest absolute Gasteiger partial charge is 0.329 e. The molecular weight excluding hydrogens is 230 g/mol. The van der Waals surface area contributed by atoms with Crippen molar-refractivity contribution in [1.29, 1.82) is 0 Å². The number of nitrogens with zero attached hydrogens (tertiary/aromatic N) is 2. The molecule has 1 unspecified atom stereocenters. The number of hydrogen-bond acceptors (Lipinski definition) is 4. The highest BCUT2D eigenvalue weighted by Crippen LogP contribution is 2.11. The van der Waals surface area contributed by atoms with E-state index in [1.165, 1.54) is 4.90 Å². The van der Waals surface area contributed by atoms with Crippen LogP contribution in [0, 0.1) is 0 Å². The molecule has 2 amide bonds. The summed E-state index contributed by atoms with van der Waals surface area (Å²) in [6, 6.07) is 0.276. The first-order valence-electron chi connectivity index (χ1n) is 5.29. The van der Waals surface area contributed by atoms with Gasteiger partial charge in [-0.1, -0.05) is 0 Å². The molecule has 0 bridgehead atoms. The van der Waals surface area contributed by atoms with Gasteiger partial charge in [0.05, 0.1) is 0 Å². The monoisotopic (exact) mass is 249 g/mol. The van der Waals surface area contributed by atoms with E-state index in [1.54, 1.807) is 0 Å². The van der Waals surface area contributed by atoms with Crippen LogP contribution in [0.1, 0.15) is 19.8 Å². The molecular formula is C10H20ClN3O2. The first-order chi connectivity index (χ1) is 7.06. The van der Waals surface area contributed by atoms with Gasteiger partial charge in [-0.3, -0.25) is 14.5 Å². The Morgan fingerprint density at radius 2 is 1.88 bits per heavy atom. The summed E-state index contributed by atoms with van der Waals surface area (Å²) in [5.41, 5.74) is 5.52. The van der Waals surface area contributed by atoms with E-state index >= 15 is 0 Å². The average molecular weight is 250 g/mol. The Labute approximate surface area is 102 Å². The third-order valence-corrected chi connectivity index (χ3v) is 2.92. The highest BCUT2D eigenvalue weighted by Gasteiger charge is 2.28. The molecule has 0 saturated carbocycles. The van der Waals surface area contributed by atoms with Crippen molar-refractivity contribution in [3.63, 3.8) is 0 Å². The normalized spacial score (nSPS) is 17.9. The van der Waals surface area contributed by atoms with Crippen LogP contribution in [0.5, 0.6) is 0 Å². The highest BCUT2D eigenvalue weighted by molar-refractivity contribution is 6.01. The Balaban J connectivity index is 0.00000225. The Morgan fingerprint density at radius 1 is 1.38 bits per heavy atom. The summed E-state index contributed by atoms with van der Waals surface area (Å²) in [6.07, 6.45) is 0.740. The third-order valence-electron chi connectivity index (χ3n) is 2.92. The zero-order valence-electron chi connectivity index (χ0n) is 9.81. The van der Waals surface area contributed by atoms with E-state index in [0.29, 0.717) is 32.5 Å². The van der Waals surface area contributed by atoms with Crippen molar-refractivity contribution in [2.75, 3.05) is 26.7 Å². The van der Waals surface area contributed by atoms with Crippen LogP contribution in [0.2, 0.25) is 0 Å². The lowest BCUT2D eigenvalue weighted by Crippen LogP contribution is -2.42. The molecule has 1 rings (SSSR count). The zero-order chi connectivity index (χ0) is 11.4. The third kappa shape index (κ3) is 3.73. The smallest absolute Gasteiger partial charge is 0.229 e. The molecule has 16 heavy (non-hydrogen) atoms. The van der Waals surface area contributed by atoms with Gasteiger partial charge >= 0.3 is 0 Å². The van der Waals surface area contributed by atoms with Crippen LogP contribution in [0.25, 0.3) is 0 Å². The molecule has 2 N–H and O–H groups in total. The lowest BCUT2D eigenvalue weighted by molar-refractivity contribution is -0.138. The van der Waals surface area contributed by atoms with E-state index in [0.717, 1.165) is 0 Å². The first-order valence-corrected chi connectivity index (χ1v) is 5.29. The van der Waals surface area contributed by atoms with Gasteiger partial charge in [0.25, 0.3) is 0 Å². The van der Waals surface area contributed by atoms with Crippen molar-refractivity contribution >= 4 is 24.2 Å². The number of carbonyl (C=O) groups excluding carboxylic acids is 2. The minimum atomic E-state index is -0.0474. The number of rotatable bonds is 5. The van der Waals surface area contributed by atoms with E-state index in [1.807, 2.05) is 14.0 Å². The van der Waals surface area contributed by atoms with Crippen molar-refractivity contribution in [2.24, 2.45) is 5.73 Å². The molecule has 1 fully saturated rings. The number of carbonyl (C=O) groups is 2. The molecule has 1 atom stereocenters. The second-order valence-electron chi connectivity index (χ2n) is 4.00. The van der Waals surface area contributed by atoms with E-state index in [-0.39, 0.29) is 30.3 Å². The number of imide groups is 1. The fraction of sp³-hybridized carbons (Fsp3) is 0.800. The lowest BCUT2D eigenvalue weighted by Gasteiger charge is -2.25. The number of amides is 2. The molecule has 5 nitrogen and oxygen atoms in total. The summed E-state index contributed by atoms with van der Waals surface area (Å²) in [5.74, 6) is -0.0948. The van der Waals surface area contributed by atoms with Crippen LogP contribution >= 0.6 is 12.4 Å². The standard InChI is InChI=1S/C10H19N3O2.ClH/c1-8(7-11)12(2)5-6-13-9(14)3-4-10(13)15;/h8H,3-7,11H2,1-2H3;1H. The molecule has 1 saturated heterocycles. The molecule has 1 aliphatic rings. The van der Waals surface area contributed by atoms with Crippen LogP contribution in [-0.4, -0.2) is 54.3 Å². The summed E-state index contributed by atoms with van der Waals surface area (Å²) in [6.45, 7) is 3.78. The fourth-order valence-electron chi connectivity index (χ4n) is 1.53. The summed E-state index contributed by atoms with van der Waals surface area (Å²) < 4.78 is 0. The van der Waals surface area contributed by atoms with Crippen LogP contribution in [0.4, 0.5) is 0 Å². The van der Waals surface area contributed by atoms with Crippen molar-refractivity contribution in [2.45, 2.75) is 25.8 Å². The Hall–Kier alpha value is -0.650. The SMILES string of the molecule is CC(CN)N(C)CCN1C(=O)CCC1=O.Cl. The quantitative estimate of drug-likeness (QED) is 0.688. The molecule has 6 heteroatoms. The molecule has 94 valence electrons. The van der Waals surface area contributed by atoms with Crippen molar-refractivity contribution in [1.82, 2.24) is 9.80 Å². The minimum absolute atomic E-state index is 0. The molecule has 1 aliphatic heterocycles. The molecule has 1 heterocycles. The maximum absolute atomic E-state index is 11.3. The van der Waals surface area contributed by atoms with E-state index in [4.69, 9.17) is 5.73 Å². The van der Waals surface area contributed by atoms with E-state index in [9.17, 15) is 9.59 Å². The summed E-state index contributed by atoms with van der Waals surface area (Å²) in [7, 11) is 1.95. The van der Waals surface area contributed by atoms with E-state index in [2.05, 4.69) is 4.90 Å². The van der Waals surface area contributed by atoms with Gasteiger partial charge in [0.2, 0.25) is 11.8 Å². The summed E-state index contributed by atoms with van der Waals surface area (Å²) in [4.78, 5) is 26.0. The van der Waals surface area contributed by atoms with Crippen molar-refractivity contribution in [3.05, 3.63) is 0 Å². The van der Waals surface area contributed by atoms with Gasteiger partial charge < -0.3 is 10.6 Å². The van der Waals surface area contributed by atoms with Crippen molar-refractivity contribution in [3.8, 4) is 0 Å². The Kier molecular flexibility index (Phi) is 6.55. The predicted octanol–water partition coefficient (Wildman–Crippen LogP) is -0.164. The maximum Gasteiger partial charge on any atom is 0.229 e. The van der Waals surface area contributed by atoms with Gasteiger partial charge in [-0.05, 0) is 14.0 Å². The summed E-state index contributed by atoms with van der Waals surface area (Å²) >= 11 is 0. The van der Waals surface area contributed by atoms with Crippen molar-refractivity contribution < 1.29 is 9.59 Å². The van der Waals surface area contributed by atoms with Crippen LogP contribution in [-0.2, 0) is 9.59 Å². The Bertz CT molecular complexity index is 244. The molecule has 0 aromatic rings. The maximum atomic E-state index is 11.3. The predicted molar refractivity (Wildman–Crippen MR) is 64.3 cm³/mol. The van der Waals surface area contributed by atoms with Gasteiger partial charge in [-0.2, -0.15) is 0 Å². The molecule has 0 spiro atoms. The minimum Gasteiger partial charge on any atom is -0.329 e. The number of likely N-dealkylation sites (N-methyl/N-ethyl adjacent to an activating group) is 1. The van der Waals surface area contributed by atoms with Gasteiger partial charge in [0.15, 0.2) is 0 Å². The van der Waals surface area contributed by atoms with Crippen LogP contribution in [0.3, 0.4) is 0 Å². The molecule has 0 aromatic heterocycles. The number of halogens is 1. The highest BCUT2D eigenvalue weighted by atomic mass is 35.5. The number of likely N-dealkylation sites (tertiary alicyclic amines) is 1. The summed E-state index contributed by atoms with van der Waals surface area (Å²) in [5, 5.41) is 0. The topological polar surface area (TPSA) is 66.6 Å². The van der Waals surface area contributed by atoms with E-state index < -0.39 is 0 Å². The number of nitrogens with two attached hydrogens (primary N) is 1. The molecule has 0 aromatic carbocycles. The first kappa shape index (κ1) is 15.3. The average Bonchev–Trinajstić information content (AvgIpc) is 2.54. The fourth-order valence-corrected chi connectivity index (χ4v) is 1.53. The Morgan fingerprint density at radius 3 is 2.31 bits per heavy atom. The molecule has 0 aliphatic carbocycles. The van der Waals surface area contributed by atoms with Gasteiger partial charge in [-0.25, -0.2) is 0 Å². The van der Waals surface area contributed by atoms with Gasteiger partial charge in [0, 0.05) is 38.5 Å². The van der Waals surface area contributed by atoms with Crippen LogP contribution in [0.15, 0.2) is 0 Å². The molecule has 0 radical (unpaired) electrons. The lowest BCUT2D eigenvalue weighted by atomic mass is 10.3. The second kappa shape index (κ2) is 6.83. The van der Waals surface area contributed by atoms with Gasteiger partial charge in [0.1, 0.15) is 0 Å². The second-order valence-corrected chi connectivity index (χ2v) is 4.00. The zero-order valence-corrected chi connectivity index (χ0v) is 10.6. The number of hydrogen-bond donors (Lipinski definition) is 1. The van der Waals surface area contributed by atoms with Gasteiger partial charge in [-0.15, -0.1) is 12.4 Å². The van der Waals surface area contributed by atoms with Crippen LogP contribution < -0.4 is 5.73 Å².